The van der Waals surface area contributed by atoms with Crippen molar-refractivity contribution in [3.05, 3.63) is 12.2 Å². The topological polar surface area (TPSA) is 106 Å². The third-order valence-electron chi connectivity index (χ3n) is 3.46. The lowest BCUT2D eigenvalue weighted by Crippen LogP contribution is -2.42. The lowest BCUT2D eigenvalue weighted by atomic mass is 10.4. The molecular weight excluding hydrogens is 370 g/mol. The van der Waals surface area contributed by atoms with Crippen LogP contribution in [0.25, 0.3) is 0 Å². The Bertz CT molecular complexity index is 369. The van der Waals surface area contributed by atoms with Crippen LogP contribution in [0, 0.1) is 0 Å². The molecule has 0 aromatic heterocycles. The molecule has 0 bridgehead atoms. The number of esters is 2. The molecule has 0 unspecified atom stereocenters. The molecule has 0 amide bonds. The second-order valence-corrected chi connectivity index (χ2v) is 8.65. The SMILES string of the molecule is CCCCOC(=O)/C=C\C(=O)OCCCC.CO[Si](CCCN)(OC)OC. The zero-order valence-corrected chi connectivity index (χ0v) is 18.5. The summed E-state index contributed by atoms with van der Waals surface area (Å²) in [5.74, 6) is -0.998. The first-order valence-electron chi connectivity index (χ1n) is 9.32. The Hall–Kier alpha value is -1.26. The smallest absolute Gasteiger partial charge is 0.463 e. The number of carbonyl (C=O) groups is 2. The molecule has 9 heteroatoms. The van der Waals surface area contributed by atoms with E-state index in [0.29, 0.717) is 19.8 Å². The minimum absolute atomic E-state index is 0.393. The van der Waals surface area contributed by atoms with Crippen molar-refractivity contribution in [3.8, 4) is 0 Å². The minimum Gasteiger partial charge on any atom is -0.463 e. The fraction of sp³-hybridized carbons (Fsp3) is 0.778. The molecule has 0 aliphatic carbocycles. The standard InChI is InChI=1S/C12H20O4.C6H17NO3Si/c1-3-5-9-15-11(13)7-8-12(14)16-10-6-4-2;1-8-11(9-2,10-3)6-4-5-7/h7-8H,3-6,9-10H2,1-2H3;4-7H2,1-3H3/b8-7-;. The average Bonchev–Trinajstić information content (AvgIpc) is 2.69. The Morgan fingerprint density at radius 3 is 1.52 bits per heavy atom. The summed E-state index contributed by atoms with van der Waals surface area (Å²) in [5.41, 5.74) is 5.36. The quantitative estimate of drug-likeness (QED) is 0.202. The zero-order valence-electron chi connectivity index (χ0n) is 17.5. The van der Waals surface area contributed by atoms with Gasteiger partial charge in [0.2, 0.25) is 0 Å². The van der Waals surface area contributed by atoms with Gasteiger partial charge < -0.3 is 28.5 Å². The van der Waals surface area contributed by atoms with Gasteiger partial charge in [0.1, 0.15) is 0 Å². The Labute approximate surface area is 164 Å². The van der Waals surface area contributed by atoms with Crippen molar-refractivity contribution in [2.24, 2.45) is 5.73 Å². The molecule has 27 heavy (non-hydrogen) atoms. The van der Waals surface area contributed by atoms with E-state index in [0.717, 1.165) is 50.3 Å². The molecule has 0 aliphatic heterocycles. The molecule has 2 N–H and O–H groups in total. The summed E-state index contributed by atoms with van der Waals surface area (Å²) in [7, 11) is 2.50. The summed E-state index contributed by atoms with van der Waals surface area (Å²) in [4.78, 5) is 22.1. The molecule has 160 valence electrons. The molecule has 0 atom stereocenters. The maximum absolute atomic E-state index is 11.0. The van der Waals surface area contributed by atoms with Crippen LogP contribution in [0.3, 0.4) is 0 Å². The molecule has 0 saturated carbocycles. The molecule has 0 fully saturated rings. The fourth-order valence-electron chi connectivity index (χ4n) is 1.74. The van der Waals surface area contributed by atoms with Crippen LogP contribution in [0.2, 0.25) is 6.04 Å². The fourth-order valence-corrected chi connectivity index (χ4v) is 3.49. The van der Waals surface area contributed by atoms with E-state index in [-0.39, 0.29) is 0 Å². The third kappa shape index (κ3) is 16.6. The van der Waals surface area contributed by atoms with Gasteiger partial charge in [0.05, 0.1) is 13.2 Å². The third-order valence-corrected chi connectivity index (χ3v) is 6.29. The van der Waals surface area contributed by atoms with E-state index in [9.17, 15) is 9.59 Å². The van der Waals surface area contributed by atoms with Gasteiger partial charge in [-0.25, -0.2) is 9.59 Å². The highest BCUT2D eigenvalue weighted by molar-refractivity contribution is 6.60. The largest absolute Gasteiger partial charge is 0.500 e. The predicted octanol–water partition coefficient (Wildman–Crippen LogP) is 2.44. The van der Waals surface area contributed by atoms with Crippen molar-refractivity contribution in [3.63, 3.8) is 0 Å². The van der Waals surface area contributed by atoms with E-state index in [2.05, 4.69) is 0 Å². The predicted molar refractivity (Wildman–Crippen MR) is 106 cm³/mol. The van der Waals surface area contributed by atoms with Gasteiger partial charge >= 0.3 is 20.7 Å². The molecule has 0 rings (SSSR count). The molecule has 0 aromatic carbocycles. The summed E-state index contributed by atoms with van der Waals surface area (Å²) < 4.78 is 25.2. The van der Waals surface area contributed by atoms with Crippen LogP contribution in [0.1, 0.15) is 46.0 Å². The summed E-state index contributed by atoms with van der Waals surface area (Å²) in [6.45, 7) is 5.45. The van der Waals surface area contributed by atoms with E-state index in [1.807, 2.05) is 13.8 Å². The van der Waals surface area contributed by atoms with Crippen molar-refractivity contribution < 1.29 is 32.3 Å². The van der Waals surface area contributed by atoms with Crippen molar-refractivity contribution in [2.75, 3.05) is 41.1 Å². The van der Waals surface area contributed by atoms with Crippen molar-refractivity contribution >= 4 is 20.7 Å². The van der Waals surface area contributed by atoms with Gasteiger partial charge in [0.25, 0.3) is 0 Å². The van der Waals surface area contributed by atoms with Crippen LogP contribution in [0.15, 0.2) is 12.2 Å². The highest BCUT2D eigenvalue weighted by Gasteiger charge is 2.36. The first-order chi connectivity index (χ1) is 12.9. The van der Waals surface area contributed by atoms with Crippen molar-refractivity contribution in [2.45, 2.75) is 52.0 Å². The minimum atomic E-state index is -2.32. The normalized spacial score (nSPS) is 11.0. The molecule has 8 nitrogen and oxygen atoms in total. The molecule has 0 saturated heterocycles. The first-order valence-corrected chi connectivity index (χ1v) is 11.2. The molecule has 0 radical (unpaired) electrons. The zero-order chi connectivity index (χ0) is 21.0. The maximum Gasteiger partial charge on any atom is 0.500 e. The summed E-state index contributed by atoms with van der Waals surface area (Å²) in [5, 5.41) is 0. The molecule has 0 aromatic rings. The number of nitrogens with two attached hydrogens (primary N) is 1. The number of ether oxygens (including phenoxy) is 2. The lowest BCUT2D eigenvalue weighted by molar-refractivity contribution is -0.140. The molecule has 0 aliphatic rings. The number of unbranched alkanes of at least 4 members (excludes halogenated alkanes) is 2. The second-order valence-electron chi connectivity index (χ2n) is 5.56. The average molecular weight is 408 g/mol. The van der Waals surface area contributed by atoms with E-state index in [1.165, 1.54) is 0 Å². The monoisotopic (exact) mass is 407 g/mol. The van der Waals surface area contributed by atoms with Gasteiger partial charge in [-0.2, -0.15) is 0 Å². The van der Waals surface area contributed by atoms with Crippen molar-refractivity contribution in [1.29, 1.82) is 0 Å². The van der Waals surface area contributed by atoms with Gasteiger partial charge in [0, 0.05) is 39.5 Å². The van der Waals surface area contributed by atoms with Gasteiger partial charge in [-0.05, 0) is 25.8 Å². The highest BCUT2D eigenvalue weighted by atomic mass is 28.4. The van der Waals surface area contributed by atoms with Crippen LogP contribution < -0.4 is 5.73 Å². The summed E-state index contributed by atoms with van der Waals surface area (Å²) >= 11 is 0. The Kier molecular flexibility index (Phi) is 20.2. The first kappa shape index (κ1) is 28.0. The number of rotatable bonds is 14. The van der Waals surface area contributed by atoms with Crippen LogP contribution in [0.4, 0.5) is 0 Å². The highest BCUT2D eigenvalue weighted by Crippen LogP contribution is 2.13. The molecule has 0 spiro atoms. The summed E-state index contributed by atoms with van der Waals surface area (Å²) in [6.07, 6.45) is 6.68. The molecule has 0 heterocycles. The summed E-state index contributed by atoms with van der Waals surface area (Å²) in [6, 6.07) is 0.785. The second kappa shape index (κ2) is 19.5. The van der Waals surface area contributed by atoms with Crippen LogP contribution in [-0.4, -0.2) is 61.8 Å². The number of hydrogen-bond acceptors (Lipinski definition) is 8. The maximum atomic E-state index is 11.0. The number of carbonyl (C=O) groups excluding carboxylic acids is 2. The van der Waals surface area contributed by atoms with Crippen molar-refractivity contribution in [1.82, 2.24) is 0 Å². The van der Waals surface area contributed by atoms with E-state index >= 15 is 0 Å². The Balaban J connectivity index is 0. The van der Waals surface area contributed by atoms with Gasteiger partial charge in [0.15, 0.2) is 0 Å². The Morgan fingerprint density at radius 1 is 0.815 bits per heavy atom. The van der Waals surface area contributed by atoms with Crippen LogP contribution in [0.5, 0.6) is 0 Å². The van der Waals surface area contributed by atoms with E-state index < -0.39 is 20.7 Å². The van der Waals surface area contributed by atoms with E-state index in [1.54, 1.807) is 21.3 Å². The lowest BCUT2D eigenvalue weighted by Gasteiger charge is -2.23. The van der Waals surface area contributed by atoms with Gasteiger partial charge in [-0.1, -0.05) is 26.7 Å². The molecular formula is C18H37NO7Si. The Morgan fingerprint density at radius 2 is 1.22 bits per heavy atom. The van der Waals surface area contributed by atoms with Gasteiger partial charge in [-0.15, -0.1) is 0 Å². The number of hydrogen-bond donors (Lipinski definition) is 1. The van der Waals surface area contributed by atoms with Crippen LogP contribution >= 0.6 is 0 Å². The van der Waals surface area contributed by atoms with Gasteiger partial charge in [-0.3, -0.25) is 0 Å². The van der Waals surface area contributed by atoms with E-state index in [4.69, 9.17) is 28.5 Å². The van der Waals surface area contributed by atoms with Crippen LogP contribution in [-0.2, 0) is 32.3 Å².